The summed E-state index contributed by atoms with van der Waals surface area (Å²) in [6, 6.07) is 21.3. The van der Waals surface area contributed by atoms with Crippen molar-refractivity contribution < 1.29 is 14.4 Å². The molecule has 5 rings (SSSR count). The van der Waals surface area contributed by atoms with Gasteiger partial charge in [0.05, 0.1) is 12.0 Å². The largest absolute Gasteiger partial charge is 0.328 e. The van der Waals surface area contributed by atoms with Crippen LogP contribution in [-0.2, 0) is 4.79 Å². The molecule has 1 aromatic heterocycles. The van der Waals surface area contributed by atoms with Gasteiger partial charge >= 0.3 is 6.03 Å². The number of urea groups is 1. The van der Waals surface area contributed by atoms with Crippen LogP contribution in [0.15, 0.2) is 78.2 Å². The van der Waals surface area contributed by atoms with Crippen molar-refractivity contribution in [3.63, 3.8) is 0 Å². The van der Waals surface area contributed by atoms with E-state index in [0.717, 1.165) is 10.4 Å². The molecule has 3 amide bonds. The molecule has 0 saturated carbocycles. The Bertz CT molecular complexity index is 1110. The molecule has 4 unspecified atom stereocenters. The van der Waals surface area contributed by atoms with Gasteiger partial charge in [0.1, 0.15) is 6.04 Å². The first-order valence-corrected chi connectivity index (χ1v) is 11.3. The maximum atomic E-state index is 13.9. The summed E-state index contributed by atoms with van der Waals surface area (Å²) in [6.45, 7) is 2.13. The second-order valence-corrected chi connectivity index (χ2v) is 8.85. The highest BCUT2D eigenvalue weighted by Crippen LogP contribution is 2.54. The topological polar surface area (TPSA) is 57.7 Å². The SMILES string of the molecule is CCN1C(=O)C2C(c3ccccc3)C(C(=O)c3ccccc3)C(c3cccs3)N2C1=O. The second kappa shape index (κ2) is 7.78. The second-order valence-electron chi connectivity index (χ2n) is 7.87. The molecule has 6 heteroatoms. The highest BCUT2D eigenvalue weighted by Gasteiger charge is 2.63. The smallest absolute Gasteiger partial charge is 0.303 e. The van der Waals surface area contributed by atoms with Gasteiger partial charge in [-0.1, -0.05) is 66.7 Å². The quantitative estimate of drug-likeness (QED) is 0.434. The molecule has 2 aromatic carbocycles. The number of carbonyl (C=O) groups excluding carboxylic acids is 3. The fourth-order valence-corrected chi connectivity index (χ4v) is 5.92. The van der Waals surface area contributed by atoms with Crippen LogP contribution < -0.4 is 0 Å². The lowest BCUT2D eigenvalue weighted by molar-refractivity contribution is -0.128. The number of imide groups is 1. The van der Waals surface area contributed by atoms with Crippen molar-refractivity contribution in [3.05, 3.63) is 94.2 Å². The molecular weight excluding hydrogens is 408 g/mol. The summed E-state index contributed by atoms with van der Waals surface area (Å²) in [5.74, 6) is -1.20. The molecule has 0 spiro atoms. The Morgan fingerprint density at radius 1 is 0.903 bits per heavy atom. The molecule has 0 N–H and O–H groups in total. The van der Waals surface area contributed by atoms with Crippen molar-refractivity contribution in [1.82, 2.24) is 9.80 Å². The van der Waals surface area contributed by atoms with Crippen molar-refractivity contribution in [1.29, 1.82) is 0 Å². The minimum atomic E-state index is -0.681. The van der Waals surface area contributed by atoms with Crippen LogP contribution in [0.2, 0.25) is 0 Å². The first-order valence-electron chi connectivity index (χ1n) is 10.4. The van der Waals surface area contributed by atoms with Gasteiger partial charge in [-0.25, -0.2) is 4.79 Å². The van der Waals surface area contributed by atoms with Gasteiger partial charge in [0.2, 0.25) is 0 Å². The van der Waals surface area contributed by atoms with Gasteiger partial charge < -0.3 is 4.90 Å². The fraction of sp³-hybridized carbons (Fsp3) is 0.240. The van der Waals surface area contributed by atoms with E-state index >= 15 is 0 Å². The molecule has 0 aliphatic carbocycles. The molecule has 31 heavy (non-hydrogen) atoms. The van der Waals surface area contributed by atoms with Crippen molar-refractivity contribution in [2.75, 3.05) is 6.54 Å². The molecule has 2 aliphatic rings. The molecule has 0 bridgehead atoms. The van der Waals surface area contributed by atoms with E-state index in [1.54, 1.807) is 17.0 Å². The number of Topliss-reactive ketones (excluding diaryl/α,β-unsaturated/α-hetero) is 1. The summed E-state index contributed by atoms with van der Waals surface area (Å²) < 4.78 is 0. The minimum Gasteiger partial charge on any atom is -0.303 e. The summed E-state index contributed by atoms with van der Waals surface area (Å²) in [5.41, 5.74) is 1.51. The standard InChI is InChI=1S/C25H22N2O3S/c1-2-26-24(29)22-19(16-10-5-3-6-11-16)20(23(28)17-12-7-4-8-13-17)21(27(22)25(26)30)18-14-9-15-31-18/h3-15,19-22H,2H2,1H3. The summed E-state index contributed by atoms with van der Waals surface area (Å²) >= 11 is 1.52. The van der Waals surface area contributed by atoms with Gasteiger partial charge in [-0.3, -0.25) is 14.5 Å². The van der Waals surface area contributed by atoms with Crippen LogP contribution in [0.5, 0.6) is 0 Å². The number of rotatable bonds is 5. The summed E-state index contributed by atoms with van der Waals surface area (Å²) in [7, 11) is 0. The van der Waals surface area contributed by atoms with E-state index in [9.17, 15) is 14.4 Å². The van der Waals surface area contributed by atoms with E-state index in [0.29, 0.717) is 12.1 Å². The maximum absolute atomic E-state index is 13.9. The van der Waals surface area contributed by atoms with Crippen LogP contribution in [0.3, 0.4) is 0 Å². The number of fused-ring (bicyclic) bond motifs is 1. The summed E-state index contributed by atoms with van der Waals surface area (Å²) in [6.07, 6.45) is 0. The zero-order chi connectivity index (χ0) is 21.5. The number of hydrogen-bond acceptors (Lipinski definition) is 4. The molecule has 156 valence electrons. The molecule has 5 nitrogen and oxygen atoms in total. The Labute approximate surface area is 184 Å². The number of hydrogen-bond donors (Lipinski definition) is 0. The Morgan fingerprint density at radius 2 is 1.58 bits per heavy atom. The lowest BCUT2D eigenvalue weighted by Crippen LogP contribution is -2.37. The number of benzene rings is 2. The molecule has 3 aromatic rings. The lowest BCUT2D eigenvalue weighted by atomic mass is 9.77. The molecule has 0 radical (unpaired) electrons. The van der Waals surface area contributed by atoms with Crippen LogP contribution in [0.1, 0.15) is 39.7 Å². The van der Waals surface area contributed by atoms with Crippen LogP contribution >= 0.6 is 11.3 Å². The number of amides is 3. The Morgan fingerprint density at radius 3 is 2.19 bits per heavy atom. The average molecular weight is 431 g/mol. The maximum Gasteiger partial charge on any atom is 0.328 e. The minimum absolute atomic E-state index is 0.0362. The van der Waals surface area contributed by atoms with Crippen molar-refractivity contribution in [2.24, 2.45) is 5.92 Å². The van der Waals surface area contributed by atoms with Crippen molar-refractivity contribution in [2.45, 2.75) is 24.9 Å². The third kappa shape index (κ3) is 3.01. The van der Waals surface area contributed by atoms with Crippen LogP contribution in [0.25, 0.3) is 0 Å². The number of likely N-dealkylation sites (N-methyl/N-ethyl adjacent to an activating group) is 1. The van der Waals surface area contributed by atoms with E-state index in [1.807, 2.05) is 73.0 Å². The lowest BCUT2D eigenvalue weighted by Gasteiger charge is -2.27. The molecule has 4 atom stereocenters. The number of nitrogens with zero attached hydrogens (tertiary/aromatic N) is 2. The first kappa shape index (κ1) is 19.7. The number of thiophene rings is 1. The normalized spacial score (nSPS) is 25.2. The monoisotopic (exact) mass is 430 g/mol. The number of carbonyl (C=O) groups is 3. The average Bonchev–Trinajstić information content (AvgIpc) is 3.50. The van der Waals surface area contributed by atoms with Crippen molar-refractivity contribution in [3.8, 4) is 0 Å². The van der Waals surface area contributed by atoms with E-state index in [-0.39, 0.29) is 17.7 Å². The molecular formula is C25H22N2O3S. The predicted molar refractivity (Wildman–Crippen MR) is 119 cm³/mol. The Balaban J connectivity index is 1.72. The molecule has 2 saturated heterocycles. The van der Waals surface area contributed by atoms with Gasteiger partial charge in [-0.2, -0.15) is 0 Å². The first-order chi connectivity index (χ1) is 15.1. The molecule has 2 aliphatic heterocycles. The highest BCUT2D eigenvalue weighted by molar-refractivity contribution is 7.10. The third-order valence-corrected chi connectivity index (χ3v) is 7.28. The predicted octanol–water partition coefficient (Wildman–Crippen LogP) is 4.74. The molecule has 3 heterocycles. The Hall–Kier alpha value is -3.25. The van der Waals surface area contributed by atoms with Crippen LogP contribution in [0.4, 0.5) is 4.79 Å². The van der Waals surface area contributed by atoms with Gasteiger partial charge in [0, 0.05) is 22.9 Å². The highest BCUT2D eigenvalue weighted by atomic mass is 32.1. The van der Waals surface area contributed by atoms with Crippen LogP contribution in [0, 0.1) is 5.92 Å². The zero-order valence-corrected chi connectivity index (χ0v) is 17.9. The zero-order valence-electron chi connectivity index (χ0n) is 17.0. The molecule has 2 fully saturated rings. The van der Waals surface area contributed by atoms with E-state index in [1.165, 1.54) is 16.2 Å². The van der Waals surface area contributed by atoms with Gasteiger partial charge in [0.15, 0.2) is 5.78 Å². The van der Waals surface area contributed by atoms with E-state index in [2.05, 4.69) is 0 Å². The van der Waals surface area contributed by atoms with Gasteiger partial charge in [0.25, 0.3) is 5.91 Å². The Kier molecular flexibility index (Phi) is 4.94. The van der Waals surface area contributed by atoms with Gasteiger partial charge in [-0.15, -0.1) is 11.3 Å². The third-order valence-electron chi connectivity index (χ3n) is 6.33. The summed E-state index contributed by atoms with van der Waals surface area (Å²) in [5, 5.41) is 1.95. The number of ketones is 1. The fourth-order valence-electron chi connectivity index (χ4n) is 5.05. The van der Waals surface area contributed by atoms with E-state index in [4.69, 9.17) is 0 Å². The summed E-state index contributed by atoms with van der Waals surface area (Å²) in [4.78, 5) is 44.5. The van der Waals surface area contributed by atoms with Crippen LogP contribution in [-0.4, -0.2) is 40.1 Å². The van der Waals surface area contributed by atoms with Gasteiger partial charge in [-0.05, 0) is 23.9 Å². The van der Waals surface area contributed by atoms with E-state index < -0.39 is 23.9 Å². The van der Waals surface area contributed by atoms with Crippen molar-refractivity contribution >= 4 is 29.1 Å².